The van der Waals surface area contributed by atoms with Crippen molar-refractivity contribution in [2.75, 3.05) is 25.5 Å². The van der Waals surface area contributed by atoms with Gasteiger partial charge in [-0.25, -0.2) is 4.79 Å². The van der Waals surface area contributed by atoms with E-state index in [0.29, 0.717) is 56.7 Å². The van der Waals surface area contributed by atoms with E-state index in [1.807, 2.05) is 24.1 Å². The van der Waals surface area contributed by atoms with Crippen molar-refractivity contribution < 1.29 is 49.3 Å². The van der Waals surface area contributed by atoms with E-state index in [0.717, 1.165) is 63.5 Å². The van der Waals surface area contributed by atoms with Gasteiger partial charge < -0.3 is 55.3 Å². The Hall–Kier alpha value is -6.51. The van der Waals surface area contributed by atoms with Gasteiger partial charge in [0.25, 0.3) is 0 Å². The van der Waals surface area contributed by atoms with Gasteiger partial charge >= 0.3 is 5.97 Å². The number of Topliss-reactive ketones (excluding diaryl/α,β-unsaturated/α-hetero) is 1. The Morgan fingerprint density at radius 2 is 1.35 bits per heavy atom. The van der Waals surface area contributed by atoms with Gasteiger partial charge in [-0.2, -0.15) is 0 Å². The van der Waals surface area contributed by atoms with Gasteiger partial charge in [0, 0.05) is 53.7 Å². The van der Waals surface area contributed by atoms with Gasteiger partial charge in [-0.05, 0) is 92.7 Å². The molecule has 1 spiro atoms. The molecule has 3 aliphatic heterocycles. The number of ketones is 1. The third-order valence-corrected chi connectivity index (χ3v) is 12.0. The van der Waals surface area contributed by atoms with Gasteiger partial charge in [-0.3, -0.25) is 4.79 Å². The largest absolute Gasteiger partial charge is 0.508 e. The second-order valence-corrected chi connectivity index (χ2v) is 16.6. The first-order chi connectivity index (χ1) is 29.9. The second kappa shape index (κ2) is 17.8. The number of phenols is 5. The number of phenolic OH excluding ortho intramolecular Hbond substituents is 5. The fourth-order valence-electron chi connectivity index (χ4n) is 8.61. The van der Waals surface area contributed by atoms with E-state index in [4.69, 9.17) is 26.4 Å². The predicted molar refractivity (Wildman–Crippen MR) is 236 cm³/mol. The molecule has 0 bridgehead atoms. The molecule has 0 amide bonds. The van der Waals surface area contributed by atoms with E-state index < -0.39 is 17.7 Å². The number of nitrogens with one attached hydrogen (secondary N) is 2. The van der Waals surface area contributed by atoms with Crippen LogP contribution in [0.1, 0.15) is 112 Å². The maximum atomic E-state index is 13.4. The SMILES string of the molecule is CN(CCCCCCCCCCNC(=S)Nc1ccc2c(c1)C(=O)OC21c2ccc(O)cc2Oc2cc(O)ccc21)Cc1c(O)cc2c(c1O)C(=O)CC(c1ccc(O)cc1)O2. The van der Waals surface area contributed by atoms with Crippen LogP contribution in [0.4, 0.5) is 5.69 Å². The number of carbonyl (C=O) groups is 2. The number of nitrogens with zero attached hydrogens (tertiary/aromatic N) is 1. The molecule has 1 unspecified atom stereocenters. The maximum Gasteiger partial charge on any atom is 0.340 e. The summed E-state index contributed by atoms with van der Waals surface area (Å²) in [5.41, 5.74) is 2.54. The van der Waals surface area contributed by atoms with Crippen LogP contribution in [0.2, 0.25) is 0 Å². The summed E-state index contributed by atoms with van der Waals surface area (Å²) in [6, 6.07) is 22.5. The minimum Gasteiger partial charge on any atom is -0.508 e. The molecule has 5 aromatic rings. The molecule has 62 heavy (non-hydrogen) atoms. The summed E-state index contributed by atoms with van der Waals surface area (Å²) < 4.78 is 18.2. The van der Waals surface area contributed by atoms with Crippen molar-refractivity contribution in [1.82, 2.24) is 10.2 Å². The molecule has 7 N–H and O–H groups in total. The number of hydrogen-bond donors (Lipinski definition) is 7. The molecule has 3 heterocycles. The van der Waals surface area contributed by atoms with Crippen LogP contribution in [0.25, 0.3) is 0 Å². The molecule has 5 aromatic carbocycles. The maximum absolute atomic E-state index is 13.4. The molecule has 14 heteroatoms. The van der Waals surface area contributed by atoms with Crippen molar-refractivity contribution >= 4 is 34.8 Å². The zero-order chi connectivity index (χ0) is 43.5. The third kappa shape index (κ3) is 8.52. The first kappa shape index (κ1) is 42.2. The lowest BCUT2D eigenvalue weighted by Crippen LogP contribution is -2.33. The van der Waals surface area contributed by atoms with Gasteiger partial charge in [-0.15, -0.1) is 0 Å². The number of thiocarbonyl (C=S) groups is 1. The van der Waals surface area contributed by atoms with Crippen LogP contribution in [0.3, 0.4) is 0 Å². The molecule has 0 saturated heterocycles. The Morgan fingerprint density at radius 1 is 0.742 bits per heavy atom. The molecule has 0 fully saturated rings. The number of ether oxygens (including phenoxy) is 3. The van der Waals surface area contributed by atoms with Crippen molar-refractivity contribution in [1.29, 1.82) is 0 Å². The minimum absolute atomic E-state index is 0.00685. The molecule has 0 radical (unpaired) electrons. The van der Waals surface area contributed by atoms with Crippen LogP contribution in [0.15, 0.2) is 84.9 Å². The van der Waals surface area contributed by atoms with Crippen molar-refractivity contribution in [3.8, 4) is 46.0 Å². The van der Waals surface area contributed by atoms with Gasteiger partial charge in [0.2, 0.25) is 0 Å². The first-order valence-electron chi connectivity index (χ1n) is 20.9. The number of rotatable bonds is 15. The summed E-state index contributed by atoms with van der Waals surface area (Å²) in [7, 11) is 1.93. The summed E-state index contributed by atoms with van der Waals surface area (Å²) in [5, 5.41) is 58.6. The molecule has 13 nitrogen and oxygen atoms in total. The highest BCUT2D eigenvalue weighted by Crippen LogP contribution is 2.57. The topological polar surface area (TPSA) is 190 Å². The molecule has 1 atom stereocenters. The molecule has 3 aliphatic rings. The van der Waals surface area contributed by atoms with E-state index in [2.05, 4.69) is 10.6 Å². The Bertz CT molecular complexity index is 2470. The zero-order valence-corrected chi connectivity index (χ0v) is 35.1. The molecule has 0 saturated carbocycles. The average Bonchev–Trinajstić information content (AvgIpc) is 3.52. The van der Waals surface area contributed by atoms with Gasteiger partial charge in [-0.1, -0.05) is 56.7 Å². The Labute approximate surface area is 364 Å². The van der Waals surface area contributed by atoms with Crippen LogP contribution in [0.5, 0.6) is 46.0 Å². The quantitative estimate of drug-likeness (QED) is 0.0300. The molecule has 0 aromatic heterocycles. The van der Waals surface area contributed by atoms with Crippen LogP contribution in [0, 0.1) is 0 Å². The standard InChI is InChI=1S/C48H49N3O10S/c1-51(27-34-38(55)25-43-44(45(34)57)39(56)26-40(59-43)28-10-13-30(52)14-11-28)21-9-7-5-3-2-4-6-8-20-49-47(62)50-29-12-17-35-33(22-29)46(58)61-48(35)36-18-15-31(53)23-41(36)60-42-24-32(54)16-19-37(42)48/h10-19,22-25,40,52-55,57H,2-9,20-21,26-27H2,1H3,(H2,49,50,62). The van der Waals surface area contributed by atoms with E-state index in [-0.39, 0.29) is 58.8 Å². The zero-order valence-electron chi connectivity index (χ0n) is 34.3. The molecule has 8 rings (SSSR count). The Balaban J connectivity index is 0.730. The third-order valence-electron chi connectivity index (χ3n) is 11.7. The number of anilines is 1. The number of hydrogen-bond acceptors (Lipinski definition) is 12. The summed E-state index contributed by atoms with van der Waals surface area (Å²) in [6.45, 7) is 1.77. The summed E-state index contributed by atoms with van der Waals surface area (Å²) in [4.78, 5) is 28.5. The van der Waals surface area contributed by atoms with E-state index in [1.165, 1.54) is 42.5 Å². The molecule has 322 valence electrons. The van der Waals surface area contributed by atoms with E-state index in [1.54, 1.807) is 30.3 Å². The summed E-state index contributed by atoms with van der Waals surface area (Å²) in [5.74, 6) is -0.249. The lowest BCUT2D eigenvalue weighted by Gasteiger charge is -2.36. The highest BCUT2D eigenvalue weighted by molar-refractivity contribution is 7.80. The van der Waals surface area contributed by atoms with E-state index >= 15 is 0 Å². The van der Waals surface area contributed by atoms with Crippen LogP contribution in [-0.2, 0) is 16.9 Å². The lowest BCUT2D eigenvalue weighted by molar-refractivity contribution is 0.0224. The van der Waals surface area contributed by atoms with Crippen molar-refractivity contribution in [3.05, 3.63) is 124 Å². The lowest BCUT2D eigenvalue weighted by atomic mass is 9.77. The van der Waals surface area contributed by atoms with Gasteiger partial charge in [0.1, 0.15) is 57.7 Å². The van der Waals surface area contributed by atoms with Gasteiger partial charge in [0.05, 0.1) is 17.5 Å². The second-order valence-electron chi connectivity index (χ2n) is 16.2. The first-order valence-corrected chi connectivity index (χ1v) is 21.3. The average molecular weight is 860 g/mol. The number of esters is 1. The van der Waals surface area contributed by atoms with Crippen molar-refractivity contribution in [2.45, 2.75) is 76.0 Å². The normalized spacial score (nSPS) is 15.5. The van der Waals surface area contributed by atoms with Crippen molar-refractivity contribution in [3.63, 3.8) is 0 Å². The fraction of sp³-hybridized carbons (Fsp3) is 0.312. The number of carbonyl (C=O) groups excluding carboxylic acids is 2. The number of aromatic hydroxyl groups is 5. The highest BCUT2D eigenvalue weighted by atomic mass is 32.1. The van der Waals surface area contributed by atoms with Crippen LogP contribution < -0.4 is 20.1 Å². The fourth-order valence-corrected chi connectivity index (χ4v) is 8.83. The van der Waals surface area contributed by atoms with Crippen LogP contribution >= 0.6 is 12.2 Å². The number of fused-ring (bicyclic) bond motifs is 7. The summed E-state index contributed by atoms with van der Waals surface area (Å²) in [6.07, 6.45) is 8.00. The van der Waals surface area contributed by atoms with E-state index in [9.17, 15) is 35.1 Å². The molecular formula is C48H49N3O10S. The smallest absolute Gasteiger partial charge is 0.340 e. The number of unbranched alkanes of at least 4 members (excludes halogenated alkanes) is 7. The molecular weight excluding hydrogens is 811 g/mol. The van der Waals surface area contributed by atoms with Crippen LogP contribution in [-0.4, -0.2) is 67.4 Å². The predicted octanol–water partition coefficient (Wildman–Crippen LogP) is 9.03. The monoisotopic (exact) mass is 859 g/mol. The number of benzene rings is 5. The highest BCUT2D eigenvalue weighted by Gasteiger charge is 2.53. The summed E-state index contributed by atoms with van der Waals surface area (Å²) >= 11 is 5.56. The Kier molecular flexibility index (Phi) is 12.1. The van der Waals surface area contributed by atoms with Crippen molar-refractivity contribution in [2.24, 2.45) is 0 Å². The van der Waals surface area contributed by atoms with Gasteiger partial charge in [0.15, 0.2) is 16.5 Å². The molecule has 0 aliphatic carbocycles. The Morgan fingerprint density at radius 3 is 2.03 bits per heavy atom. The minimum atomic E-state index is -1.32.